The predicted molar refractivity (Wildman–Crippen MR) is 52.4 cm³/mol. The quantitative estimate of drug-likeness (QED) is 0.721. The maximum absolute atomic E-state index is 13.5. The number of phenolic OH excluding ortho intramolecular Hbond substituents is 1. The molecule has 13 heavy (non-hydrogen) atoms. The van der Waals surface area contributed by atoms with Gasteiger partial charge in [0.25, 0.3) is 0 Å². The molecule has 0 saturated carbocycles. The van der Waals surface area contributed by atoms with Gasteiger partial charge in [-0.05, 0) is 19.2 Å². The van der Waals surface area contributed by atoms with Gasteiger partial charge in [-0.3, -0.25) is 0 Å². The van der Waals surface area contributed by atoms with Crippen LogP contribution in [0, 0.1) is 5.82 Å². The van der Waals surface area contributed by atoms with Crippen molar-refractivity contribution in [1.29, 1.82) is 0 Å². The van der Waals surface area contributed by atoms with E-state index in [9.17, 15) is 9.50 Å². The minimum absolute atomic E-state index is 0.0330. The van der Waals surface area contributed by atoms with Crippen LogP contribution in [0.4, 0.5) is 4.39 Å². The lowest BCUT2D eigenvalue weighted by Crippen LogP contribution is -2.07. The summed E-state index contributed by atoms with van der Waals surface area (Å²) in [5.74, 6) is -0.447. The molecule has 0 fully saturated rings. The average Bonchev–Trinajstić information content (AvgIpc) is 2.04. The number of phenols is 1. The van der Waals surface area contributed by atoms with Crippen molar-refractivity contribution in [2.75, 3.05) is 6.26 Å². The molecular weight excluding hydrogens is 189 g/mol. The highest BCUT2D eigenvalue weighted by Crippen LogP contribution is 2.32. The van der Waals surface area contributed by atoms with Gasteiger partial charge in [-0.1, -0.05) is 6.07 Å². The molecule has 1 rings (SSSR count). The fourth-order valence-electron chi connectivity index (χ4n) is 1.11. The third-order valence-electron chi connectivity index (χ3n) is 1.80. The molecule has 3 N–H and O–H groups in total. The van der Waals surface area contributed by atoms with Gasteiger partial charge in [0.1, 0.15) is 11.6 Å². The summed E-state index contributed by atoms with van der Waals surface area (Å²) in [6.45, 7) is 1.71. The molecule has 1 aromatic rings. The van der Waals surface area contributed by atoms with Crippen molar-refractivity contribution in [1.82, 2.24) is 0 Å². The van der Waals surface area contributed by atoms with Crippen molar-refractivity contribution in [3.63, 3.8) is 0 Å². The molecule has 0 aliphatic heterocycles. The van der Waals surface area contributed by atoms with Crippen molar-refractivity contribution in [2.45, 2.75) is 17.9 Å². The van der Waals surface area contributed by atoms with Gasteiger partial charge >= 0.3 is 0 Å². The molecular formula is C9H12FNOS. The highest BCUT2D eigenvalue weighted by molar-refractivity contribution is 7.98. The number of aromatic hydroxyl groups is 1. The van der Waals surface area contributed by atoms with Gasteiger partial charge in [0.05, 0.1) is 4.90 Å². The summed E-state index contributed by atoms with van der Waals surface area (Å²) in [4.78, 5) is 0.259. The van der Waals surface area contributed by atoms with E-state index in [1.54, 1.807) is 13.2 Å². The maximum Gasteiger partial charge on any atom is 0.145 e. The zero-order valence-corrected chi connectivity index (χ0v) is 8.36. The Labute approximate surface area is 80.9 Å². The van der Waals surface area contributed by atoms with Crippen LogP contribution in [0.3, 0.4) is 0 Å². The second-order valence-electron chi connectivity index (χ2n) is 2.81. The summed E-state index contributed by atoms with van der Waals surface area (Å²) in [6.07, 6.45) is 1.71. The lowest BCUT2D eigenvalue weighted by molar-refractivity contribution is 0.446. The molecule has 0 bridgehead atoms. The van der Waals surface area contributed by atoms with Crippen LogP contribution in [-0.2, 0) is 0 Å². The molecule has 1 atom stereocenters. The molecule has 0 heterocycles. The molecule has 0 aromatic heterocycles. The number of thioether (sulfide) groups is 1. The lowest BCUT2D eigenvalue weighted by Gasteiger charge is -2.10. The molecule has 0 radical (unpaired) electrons. The van der Waals surface area contributed by atoms with E-state index in [-0.39, 0.29) is 16.7 Å². The largest absolute Gasteiger partial charge is 0.507 e. The zero-order valence-electron chi connectivity index (χ0n) is 7.54. The summed E-state index contributed by atoms with van der Waals surface area (Å²) in [5.41, 5.74) is 5.99. The second-order valence-corrected chi connectivity index (χ2v) is 3.63. The summed E-state index contributed by atoms with van der Waals surface area (Å²) in [6, 6.07) is 2.62. The number of benzene rings is 1. The number of hydrogen-bond donors (Lipinski definition) is 2. The normalized spacial score (nSPS) is 12.9. The smallest absolute Gasteiger partial charge is 0.145 e. The van der Waals surface area contributed by atoms with Crippen LogP contribution in [-0.4, -0.2) is 11.4 Å². The molecule has 0 amide bonds. The number of hydrogen-bond acceptors (Lipinski definition) is 3. The Balaban J connectivity index is 3.27. The van der Waals surface area contributed by atoms with Gasteiger partial charge in [-0.25, -0.2) is 4.39 Å². The van der Waals surface area contributed by atoms with E-state index in [4.69, 9.17) is 5.73 Å². The predicted octanol–water partition coefficient (Wildman–Crippen LogP) is 2.27. The first-order valence-electron chi connectivity index (χ1n) is 3.89. The monoisotopic (exact) mass is 201 g/mol. The first kappa shape index (κ1) is 10.3. The van der Waals surface area contributed by atoms with Crippen LogP contribution in [0.5, 0.6) is 5.75 Å². The van der Waals surface area contributed by atoms with Crippen LogP contribution in [0.2, 0.25) is 0 Å². The van der Waals surface area contributed by atoms with Crippen molar-refractivity contribution >= 4 is 11.8 Å². The molecule has 2 nitrogen and oxygen atoms in total. The van der Waals surface area contributed by atoms with E-state index in [2.05, 4.69) is 0 Å². The van der Waals surface area contributed by atoms with Crippen molar-refractivity contribution in [2.24, 2.45) is 5.73 Å². The lowest BCUT2D eigenvalue weighted by atomic mass is 10.1. The number of rotatable bonds is 2. The van der Waals surface area contributed by atoms with Gasteiger partial charge in [0, 0.05) is 11.6 Å². The fourth-order valence-corrected chi connectivity index (χ4v) is 1.68. The SMILES string of the molecule is CSc1c(O)ccc(C(C)N)c1F. The number of halogens is 1. The third-order valence-corrected chi connectivity index (χ3v) is 2.60. The molecule has 1 unspecified atom stereocenters. The van der Waals surface area contributed by atoms with Crippen molar-refractivity contribution in [3.8, 4) is 5.75 Å². The third kappa shape index (κ3) is 1.95. The molecule has 0 aliphatic carbocycles. The van der Waals surface area contributed by atoms with E-state index in [1.165, 1.54) is 23.9 Å². The van der Waals surface area contributed by atoms with Gasteiger partial charge < -0.3 is 10.8 Å². The molecule has 4 heteroatoms. The Hall–Kier alpha value is -0.740. The van der Waals surface area contributed by atoms with E-state index >= 15 is 0 Å². The van der Waals surface area contributed by atoms with Crippen LogP contribution in [0.15, 0.2) is 17.0 Å². The Morgan fingerprint density at radius 2 is 2.15 bits per heavy atom. The Morgan fingerprint density at radius 1 is 1.54 bits per heavy atom. The molecule has 0 saturated heterocycles. The highest BCUT2D eigenvalue weighted by atomic mass is 32.2. The average molecular weight is 201 g/mol. The second kappa shape index (κ2) is 3.98. The van der Waals surface area contributed by atoms with E-state index < -0.39 is 5.82 Å². The van der Waals surface area contributed by atoms with Crippen LogP contribution in [0.25, 0.3) is 0 Å². The summed E-state index contributed by atoms with van der Waals surface area (Å²) in [5, 5.41) is 9.30. The van der Waals surface area contributed by atoms with Crippen molar-refractivity contribution < 1.29 is 9.50 Å². The molecule has 0 aliphatic rings. The molecule has 1 aromatic carbocycles. The van der Waals surface area contributed by atoms with Gasteiger partial charge in [-0.2, -0.15) is 0 Å². The zero-order chi connectivity index (χ0) is 10.0. The van der Waals surface area contributed by atoms with Crippen LogP contribution in [0.1, 0.15) is 18.5 Å². The van der Waals surface area contributed by atoms with Crippen LogP contribution < -0.4 is 5.73 Å². The van der Waals surface area contributed by atoms with Crippen molar-refractivity contribution in [3.05, 3.63) is 23.5 Å². The first-order chi connectivity index (χ1) is 6.07. The fraction of sp³-hybridized carbons (Fsp3) is 0.333. The van der Waals surface area contributed by atoms with Crippen LogP contribution >= 0.6 is 11.8 Å². The Morgan fingerprint density at radius 3 is 2.62 bits per heavy atom. The minimum Gasteiger partial charge on any atom is -0.507 e. The van der Waals surface area contributed by atoms with Gasteiger partial charge in [0.2, 0.25) is 0 Å². The maximum atomic E-state index is 13.5. The first-order valence-corrected chi connectivity index (χ1v) is 5.11. The topological polar surface area (TPSA) is 46.2 Å². The van der Waals surface area contributed by atoms with Gasteiger partial charge in [0.15, 0.2) is 0 Å². The Bertz CT molecular complexity index is 315. The van der Waals surface area contributed by atoms with E-state index in [1.807, 2.05) is 0 Å². The summed E-state index contributed by atoms with van der Waals surface area (Å²) >= 11 is 1.17. The molecule has 72 valence electrons. The van der Waals surface area contributed by atoms with E-state index in [0.717, 1.165) is 0 Å². The van der Waals surface area contributed by atoms with E-state index in [0.29, 0.717) is 5.56 Å². The minimum atomic E-state index is -0.414. The highest BCUT2D eigenvalue weighted by Gasteiger charge is 2.14. The standard InChI is InChI=1S/C9H12FNOS/c1-5(11)6-3-4-7(12)9(13-2)8(6)10/h3-5,12H,11H2,1-2H3. The summed E-state index contributed by atoms with van der Waals surface area (Å²) in [7, 11) is 0. The van der Waals surface area contributed by atoms with Gasteiger partial charge in [-0.15, -0.1) is 11.8 Å². The number of nitrogens with two attached hydrogens (primary N) is 1. The Kier molecular flexibility index (Phi) is 3.17. The molecule has 0 spiro atoms. The summed E-state index contributed by atoms with van der Waals surface area (Å²) < 4.78 is 13.5.